The summed E-state index contributed by atoms with van der Waals surface area (Å²) in [5.74, 6) is -2.01. The number of hydrogen-bond donors (Lipinski definition) is 4. The van der Waals surface area contributed by atoms with Crippen LogP contribution in [0.2, 0.25) is 0 Å². The first-order valence-corrected chi connectivity index (χ1v) is 18.2. The molecule has 4 N–H and O–H groups in total. The van der Waals surface area contributed by atoms with Gasteiger partial charge in [0.1, 0.15) is 11.4 Å². The number of ketones is 2. The Hall–Kier alpha value is -3.13. The molecule has 7 nitrogen and oxygen atoms in total. The van der Waals surface area contributed by atoms with Gasteiger partial charge >= 0.3 is 5.97 Å². The molecule has 0 unspecified atom stereocenters. The molecule has 0 aliphatic heterocycles. The zero-order valence-corrected chi connectivity index (χ0v) is 29.8. The minimum atomic E-state index is -1.61. The molecule has 7 rings (SSSR count). The number of aliphatic hydroxyl groups is 3. The minimum Gasteiger partial charge on any atom is -0.478 e. The first-order chi connectivity index (χ1) is 22.8. The van der Waals surface area contributed by atoms with Crippen LogP contribution < -0.4 is 0 Å². The molecule has 0 radical (unpaired) electrons. The van der Waals surface area contributed by atoms with Gasteiger partial charge in [-0.3, -0.25) is 9.59 Å². The summed E-state index contributed by atoms with van der Waals surface area (Å²) >= 11 is 0. The van der Waals surface area contributed by atoms with Gasteiger partial charge in [-0.25, -0.2) is 4.79 Å². The number of allylic oxidation sites excluding steroid dienone is 1. The number of carboxylic acids is 1. The van der Waals surface area contributed by atoms with E-state index in [2.05, 4.69) is 26.8 Å². The Labute approximate surface area is 289 Å². The van der Waals surface area contributed by atoms with Gasteiger partial charge in [-0.05, 0) is 85.0 Å². The highest BCUT2D eigenvalue weighted by Gasteiger charge is 2.84. The fourth-order valence-electron chi connectivity index (χ4n) is 13.2. The second-order valence-electron chi connectivity index (χ2n) is 17.6. The third-order valence-electron chi connectivity index (χ3n) is 15.1. The molecule has 1 aromatic rings. The third kappa shape index (κ3) is 4.16. The standard InChI is InChI=1S/C42H52O7/c1-25(35(46)47)21-28(43)22-26(2)39-16-10-17-42-34-32(30(44)23-38(39,42)6)37(5)18-15-31(45)36(3,4)33(37)29(14-13-27-11-8-7-9-12-27)41(34,49)20-19-40(42,48)24-39/h7-9,11-14,19-21,26,28-29,33,43,48-49H,10,15-18,22-24H2,1-6H3,(H,46,47)/t26-,28-,29-,33+,37-,38-,39-,40+,41-,42+/m1/s1. The Kier molecular flexibility index (Phi) is 7.49. The van der Waals surface area contributed by atoms with E-state index in [1.54, 1.807) is 6.08 Å². The largest absolute Gasteiger partial charge is 0.478 e. The third-order valence-corrected chi connectivity index (χ3v) is 15.1. The summed E-state index contributed by atoms with van der Waals surface area (Å²) in [5.41, 5.74) is -4.35. The summed E-state index contributed by atoms with van der Waals surface area (Å²) in [4.78, 5) is 40.3. The van der Waals surface area contributed by atoms with Crippen molar-refractivity contribution in [1.29, 1.82) is 0 Å². The van der Waals surface area contributed by atoms with Crippen LogP contribution in [-0.4, -0.2) is 55.3 Å². The Morgan fingerprint density at radius 2 is 1.71 bits per heavy atom. The first kappa shape index (κ1) is 34.3. The molecule has 6 aliphatic rings. The lowest BCUT2D eigenvalue weighted by Gasteiger charge is -2.70. The molecule has 0 saturated heterocycles. The highest BCUT2D eigenvalue weighted by atomic mass is 16.4. The maximum absolute atomic E-state index is 15.1. The molecule has 3 saturated carbocycles. The van der Waals surface area contributed by atoms with E-state index in [-0.39, 0.29) is 35.4 Å². The van der Waals surface area contributed by atoms with Crippen LogP contribution in [0.15, 0.2) is 71.4 Å². The summed E-state index contributed by atoms with van der Waals surface area (Å²) in [7, 11) is 0. The van der Waals surface area contributed by atoms with Gasteiger partial charge in [0, 0.05) is 46.2 Å². The average molecular weight is 669 g/mol. The molecule has 7 heteroatoms. The van der Waals surface area contributed by atoms with Crippen molar-refractivity contribution in [2.45, 2.75) is 110 Å². The maximum Gasteiger partial charge on any atom is 0.331 e. The molecule has 6 aliphatic carbocycles. The number of carbonyl (C=O) groups is 3. The van der Waals surface area contributed by atoms with Crippen molar-refractivity contribution in [3.05, 3.63) is 76.9 Å². The van der Waals surface area contributed by atoms with Gasteiger partial charge in [-0.15, -0.1) is 0 Å². The predicted molar refractivity (Wildman–Crippen MR) is 187 cm³/mol. The molecule has 49 heavy (non-hydrogen) atoms. The van der Waals surface area contributed by atoms with E-state index < -0.39 is 56.3 Å². The topological polar surface area (TPSA) is 132 Å². The van der Waals surface area contributed by atoms with E-state index in [0.29, 0.717) is 43.3 Å². The van der Waals surface area contributed by atoms with Gasteiger partial charge in [0.05, 0.1) is 11.7 Å². The molecule has 1 aromatic carbocycles. The van der Waals surface area contributed by atoms with Gasteiger partial charge in [0.2, 0.25) is 0 Å². The number of rotatable bonds is 7. The van der Waals surface area contributed by atoms with Gasteiger partial charge in [0.25, 0.3) is 0 Å². The number of Topliss-reactive ketones (excluding diaryl/α,β-unsaturated/α-hetero) is 2. The summed E-state index contributed by atoms with van der Waals surface area (Å²) in [6, 6.07) is 9.91. The zero-order valence-electron chi connectivity index (χ0n) is 29.8. The summed E-state index contributed by atoms with van der Waals surface area (Å²) in [6.07, 6.45) is 12.0. The second-order valence-corrected chi connectivity index (χ2v) is 17.6. The number of carbonyl (C=O) groups excluding carboxylic acids is 2. The Bertz CT molecular complexity index is 1750. The first-order valence-electron chi connectivity index (χ1n) is 18.2. The van der Waals surface area contributed by atoms with Crippen LogP contribution in [-0.2, 0) is 14.4 Å². The van der Waals surface area contributed by atoms with Gasteiger partial charge < -0.3 is 20.4 Å². The highest BCUT2D eigenvalue weighted by Crippen LogP contribution is 2.84. The summed E-state index contributed by atoms with van der Waals surface area (Å²) < 4.78 is 0. The lowest BCUT2D eigenvalue weighted by molar-refractivity contribution is -0.176. The lowest BCUT2D eigenvalue weighted by atomic mass is 9.33. The molecule has 2 bridgehead atoms. The van der Waals surface area contributed by atoms with Crippen molar-refractivity contribution in [3.63, 3.8) is 0 Å². The predicted octanol–water partition coefficient (Wildman–Crippen LogP) is 6.63. The molecule has 262 valence electrons. The van der Waals surface area contributed by atoms with Crippen molar-refractivity contribution in [1.82, 2.24) is 0 Å². The molecule has 10 atom stereocenters. The van der Waals surface area contributed by atoms with E-state index in [4.69, 9.17) is 0 Å². The average Bonchev–Trinajstić information content (AvgIpc) is 3.10. The fourth-order valence-corrected chi connectivity index (χ4v) is 13.2. The maximum atomic E-state index is 15.1. The number of aliphatic hydroxyl groups excluding tert-OH is 1. The Morgan fingerprint density at radius 3 is 2.39 bits per heavy atom. The smallest absolute Gasteiger partial charge is 0.331 e. The normalized spacial score (nSPS) is 43.3. The van der Waals surface area contributed by atoms with E-state index in [0.717, 1.165) is 18.4 Å². The van der Waals surface area contributed by atoms with Crippen LogP contribution in [0.4, 0.5) is 0 Å². The summed E-state index contributed by atoms with van der Waals surface area (Å²) in [5, 5.41) is 47.1. The number of benzene rings is 1. The Morgan fingerprint density at radius 1 is 1.02 bits per heavy atom. The van der Waals surface area contributed by atoms with Crippen molar-refractivity contribution >= 4 is 23.6 Å². The minimum absolute atomic E-state index is 0.00474. The number of hydrogen-bond acceptors (Lipinski definition) is 6. The zero-order chi connectivity index (χ0) is 35.6. The van der Waals surface area contributed by atoms with Crippen molar-refractivity contribution in [2.24, 2.45) is 44.8 Å². The molecular weight excluding hydrogens is 616 g/mol. The molecule has 1 spiro atoms. The van der Waals surface area contributed by atoms with Crippen LogP contribution in [0.5, 0.6) is 0 Å². The number of fused-ring (bicyclic) bond motifs is 2. The molecule has 0 heterocycles. The molecule has 0 aromatic heterocycles. The quantitative estimate of drug-likeness (QED) is 0.190. The van der Waals surface area contributed by atoms with E-state index in [1.165, 1.54) is 13.0 Å². The van der Waals surface area contributed by atoms with Gasteiger partial charge in [-0.1, -0.05) is 89.6 Å². The van der Waals surface area contributed by atoms with Crippen LogP contribution in [0.25, 0.3) is 6.08 Å². The van der Waals surface area contributed by atoms with Crippen LogP contribution in [0.1, 0.15) is 98.5 Å². The molecule has 3 fully saturated rings. The number of carboxylic acid groups (broad SMARTS) is 1. The van der Waals surface area contributed by atoms with Crippen molar-refractivity contribution in [2.75, 3.05) is 0 Å². The van der Waals surface area contributed by atoms with Crippen LogP contribution in [0.3, 0.4) is 0 Å². The van der Waals surface area contributed by atoms with E-state index in [1.807, 2.05) is 56.3 Å². The van der Waals surface area contributed by atoms with E-state index >= 15 is 4.79 Å². The van der Waals surface area contributed by atoms with Crippen molar-refractivity contribution < 1.29 is 34.8 Å². The van der Waals surface area contributed by atoms with Crippen LogP contribution >= 0.6 is 0 Å². The van der Waals surface area contributed by atoms with Crippen molar-refractivity contribution in [3.8, 4) is 0 Å². The van der Waals surface area contributed by atoms with Gasteiger partial charge in [-0.2, -0.15) is 0 Å². The van der Waals surface area contributed by atoms with Gasteiger partial charge in [0.15, 0.2) is 5.78 Å². The monoisotopic (exact) mass is 668 g/mol. The Balaban J connectivity index is 1.46. The number of aliphatic carboxylic acids is 1. The van der Waals surface area contributed by atoms with Crippen LogP contribution in [0, 0.1) is 44.8 Å². The SMILES string of the molecule is CC(=C[C@@H](O)C[C@@H](C)[C@]12CCC[C@]34C5=C(C(=O)C[C@]13C)[C@@]1(C)CCC(=O)C(C)(C)[C@@H]1[C@@H](C=Cc1ccccc1)[C@]5(O)C=C[C@]4(O)C2)C(=O)O. The summed E-state index contributed by atoms with van der Waals surface area (Å²) in [6.45, 7) is 11.8. The molecule has 0 amide bonds. The molecular formula is C42H52O7. The fraction of sp³-hybridized carbons (Fsp3) is 0.595. The lowest BCUT2D eigenvalue weighted by Crippen LogP contribution is -2.71. The second kappa shape index (κ2) is 10.7. The van der Waals surface area contributed by atoms with E-state index in [9.17, 15) is 30.0 Å². The highest BCUT2D eigenvalue weighted by molar-refractivity contribution is 6.02.